The maximum atomic E-state index is 11.2. The molecule has 6 nitrogen and oxygen atoms in total. The minimum absolute atomic E-state index is 0.0127. The van der Waals surface area contributed by atoms with Gasteiger partial charge in [0.05, 0.1) is 12.7 Å². The highest BCUT2D eigenvalue weighted by Gasteiger charge is 2.16. The van der Waals surface area contributed by atoms with Crippen LogP contribution in [0.25, 0.3) is 0 Å². The van der Waals surface area contributed by atoms with Crippen molar-refractivity contribution in [3.8, 4) is 11.5 Å². The molecule has 92 valence electrons. The number of aliphatic hydroxyl groups is 1. The Morgan fingerprint density at radius 3 is 2.41 bits per heavy atom. The summed E-state index contributed by atoms with van der Waals surface area (Å²) in [6.45, 7) is 1.26. The Kier molecular flexibility index (Phi) is 4.06. The van der Waals surface area contributed by atoms with Crippen LogP contribution in [0.2, 0.25) is 0 Å². The molecule has 0 saturated heterocycles. The molecule has 17 heavy (non-hydrogen) atoms. The van der Waals surface area contributed by atoms with E-state index in [0.29, 0.717) is 0 Å². The number of aliphatic hydroxyl groups excluding tert-OH is 1. The maximum Gasteiger partial charge on any atom is 0.340 e. The van der Waals surface area contributed by atoms with Crippen molar-refractivity contribution in [3.63, 3.8) is 0 Å². The summed E-state index contributed by atoms with van der Waals surface area (Å²) in [5, 5.41) is 17.7. The van der Waals surface area contributed by atoms with E-state index in [4.69, 9.17) is 19.7 Å². The highest BCUT2D eigenvalue weighted by Crippen LogP contribution is 2.28. The van der Waals surface area contributed by atoms with E-state index in [1.54, 1.807) is 0 Å². The number of hydrogen-bond acceptors (Lipinski definition) is 5. The van der Waals surface area contributed by atoms with Crippen LogP contribution in [0, 0.1) is 0 Å². The van der Waals surface area contributed by atoms with Crippen LogP contribution >= 0.6 is 0 Å². The molecule has 0 aliphatic rings. The predicted octanol–water partition coefficient (Wildman–Crippen LogP) is 0.680. The third-order valence-electron chi connectivity index (χ3n) is 1.96. The Labute approximate surface area is 97.4 Å². The Hall–Kier alpha value is -2.08. The lowest BCUT2D eigenvalue weighted by Gasteiger charge is -2.10. The Bertz CT molecular complexity index is 438. The summed E-state index contributed by atoms with van der Waals surface area (Å²) in [6, 6.07) is 3.80. The number of carboxylic acid groups (broad SMARTS) is 1. The second-order valence-corrected chi connectivity index (χ2v) is 3.27. The number of benzene rings is 1. The summed E-state index contributed by atoms with van der Waals surface area (Å²) < 4.78 is 9.72. The Morgan fingerprint density at radius 1 is 1.29 bits per heavy atom. The van der Waals surface area contributed by atoms with Crippen molar-refractivity contribution < 1.29 is 29.3 Å². The van der Waals surface area contributed by atoms with Crippen molar-refractivity contribution in [1.29, 1.82) is 0 Å². The first-order valence-electron chi connectivity index (χ1n) is 4.76. The highest BCUT2D eigenvalue weighted by molar-refractivity contribution is 5.88. The number of ether oxygens (including phenoxy) is 2. The van der Waals surface area contributed by atoms with Gasteiger partial charge in [-0.1, -0.05) is 0 Å². The normalized spacial score (nSPS) is 11.7. The van der Waals surface area contributed by atoms with Crippen LogP contribution in [0.5, 0.6) is 11.5 Å². The van der Waals surface area contributed by atoms with E-state index in [9.17, 15) is 9.59 Å². The third kappa shape index (κ3) is 3.18. The molecule has 1 aromatic rings. The minimum atomic E-state index is -1.26. The van der Waals surface area contributed by atoms with Crippen molar-refractivity contribution in [2.24, 2.45) is 0 Å². The van der Waals surface area contributed by atoms with Gasteiger partial charge in [-0.25, -0.2) is 9.59 Å². The van der Waals surface area contributed by atoms with Gasteiger partial charge in [0, 0.05) is 0 Å². The average Bonchev–Trinajstić information content (AvgIpc) is 2.28. The Balaban J connectivity index is 3.01. The fourth-order valence-electron chi connectivity index (χ4n) is 1.08. The lowest BCUT2D eigenvalue weighted by molar-refractivity contribution is -0.142. The molecule has 0 aromatic heterocycles. The topological polar surface area (TPSA) is 93.1 Å². The number of hydrogen-bond donors (Lipinski definition) is 2. The molecule has 0 saturated carbocycles. The molecular weight excluding hydrogens is 228 g/mol. The maximum absolute atomic E-state index is 11.2. The zero-order valence-corrected chi connectivity index (χ0v) is 9.34. The van der Waals surface area contributed by atoms with E-state index in [2.05, 4.69) is 0 Å². The molecule has 1 rings (SSSR count). The molecule has 0 amide bonds. The van der Waals surface area contributed by atoms with E-state index < -0.39 is 18.0 Å². The van der Waals surface area contributed by atoms with E-state index in [-0.39, 0.29) is 17.1 Å². The first-order chi connectivity index (χ1) is 7.95. The summed E-state index contributed by atoms with van der Waals surface area (Å²) in [4.78, 5) is 21.9. The summed E-state index contributed by atoms with van der Waals surface area (Å²) in [7, 11) is 1.32. The van der Waals surface area contributed by atoms with Gasteiger partial charge in [-0.05, 0) is 25.1 Å². The molecule has 0 heterocycles. The first-order valence-corrected chi connectivity index (χ1v) is 4.76. The predicted molar refractivity (Wildman–Crippen MR) is 57.3 cm³/mol. The number of esters is 1. The number of carbonyl (C=O) groups is 2. The smallest absolute Gasteiger partial charge is 0.340 e. The van der Waals surface area contributed by atoms with Crippen molar-refractivity contribution >= 4 is 11.9 Å². The lowest BCUT2D eigenvalue weighted by Crippen LogP contribution is -2.22. The number of carboxylic acids is 1. The second kappa shape index (κ2) is 5.31. The molecule has 0 spiro atoms. The number of carbonyl (C=O) groups excluding carboxylic acids is 1. The van der Waals surface area contributed by atoms with Crippen LogP contribution < -0.4 is 9.47 Å². The van der Waals surface area contributed by atoms with Gasteiger partial charge < -0.3 is 19.7 Å². The average molecular weight is 240 g/mol. The van der Waals surface area contributed by atoms with Gasteiger partial charge in [-0.2, -0.15) is 0 Å². The van der Waals surface area contributed by atoms with Gasteiger partial charge in [0.15, 0.2) is 11.5 Å². The van der Waals surface area contributed by atoms with Crippen LogP contribution in [-0.2, 0) is 4.79 Å². The molecule has 6 heteroatoms. The van der Waals surface area contributed by atoms with Crippen LogP contribution in [0.15, 0.2) is 18.2 Å². The quantitative estimate of drug-likeness (QED) is 0.593. The van der Waals surface area contributed by atoms with Gasteiger partial charge >= 0.3 is 11.9 Å². The molecule has 0 aliphatic heterocycles. The van der Waals surface area contributed by atoms with E-state index in [0.717, 1.165) is 0 Å². The SMILES string of the molecule is COc1cc(C(=O)O)ccc1OC(=O)C(C)O. The van der Waals surface area contributed by atoms with Crippen molar-refractivity contribution in [2.75, 3.05) is 7.11 Å². The Morgan fingerprint density at radius 2 is 1.94 bits per heavy atom. The van der Waals surface area contributed by atoms with Gasteiger partial charge in [0.2, 0.25) is 0 Å². The minimum Gasteiger partial charge on any atom is -0.493 e. The molecule has 1 aromatic carbocycles. The molecular formula is C11H12O6. The third-order valence-corrected chi connectivity index (χ3v) is 1.96. The summed E-state index contributed by atoms with van der Waals surface area (Å²) >= 11 is 0. The van der Waals surface area contributed by atoms with Crippen LogP contribution in [0.1, 0.15) is 17.3 Å². The van der Waals surface area contributed by atoms with E-state index in [1.807, 2.05) is 0 Å². The van der Waals surface area contributed by atoms with Crippen molar-refractivity contribution in [1.82, 2.24) is 0 Å². The first kappa shape index (κ1) is 13.0. The van der Waals surface area contributed by atoms with E-state index in [1.165, 1.54) is 32.2 Å². The summed E-state index contributed by atoms with van der Waals surface area (Å²) in [5.74, 6) is -1.79. The van der Waals surface area contributed by atoms with Crippen LogP contribution in [0.3, 0.4) is 0 Å². The molecule has 1 unspecified atom stereocenters. The zero-order chi connectivity index (χ0) is 13.0. The standard InChI is InChI=1S/C11H12O6/c1-6(12)11(15)17-8-4-3-7(10(13)14)5-9(8)16-2/h3-6,12H,1-2H3,(H,13,14). The van der Waals surface area contributed by atoms with Crippen molar-refractivity contribution in [3.05, 3.63) is 23.8 Å². The van der Waals surface area contributed by atoms with Crippen LogP contribution in [-0.4, -0.2) is 35.4 Å². The van der Waals surface area contributed by atoms with E-state index >= 15 is 0 Å². The molecule has 0 radical (unpaired) electrons. The van der Waals surface area contributed by atoms with Crippen LogP contribution in [0.4, 0.5) is 0 Å². The zero-order valence-electron chi connectivity index (χ0n) is 9.34. The van der Waals surface area contributed by atoms with Gasteiger partial charge in [0.25, 0.3) is 0 Å². The van der Waals surface area contributed by atoms with Gasteiger partial charge in [-0.3, -0.25) is 0 Å². The number of aromatic carboxylic acids is 1. The molecule has 0 fully saturated rings. The van der Waals surface area contributed by atoms with Crippen molar-refractivity contribution in [2.45, 2.75) is 13.0 Å². The molecule has 0 bridgehead atoms. The van der Waals surface area contributed by atoms with Gasteiger partial charge in [0.1, 0.15) is 6.10 Å². The number of rotatable bonds is 4. The van der Waals surface area contributed by atoms with Gasteiger partial charge in [-0.15, -0.1) is 0 Å². The lowest BCUT2D eigenvalue weighted by atomic mass is 10.2. The summed E-state index contributed by atoms with van der Waals surface area (Å²) in [5.41, 5.74) is 0.0127. The second-order valence-electron chi connectivity index (χ2n) is 3.27. The largest absolute Gasteiger partial charge is 0.493 e. The monoisotopic (exact) mass is 240 g/mol. The number of methoxy groups -OCH3 is 1. The highest BCUT2D eigenvalue weighted by atomic mass is 16.6. The fraction of sp³-hybridized carbons (Fsp3) is 0.273. The molecule has 1 atom stereocenters. The summed E-state index contributed by atoms with van der Waals surface area (Å²) in [6.07, 6.45) is -1.26. The fourth-order valence-corrected chi connectivity index (χ4v) is 1.08. The molecule has 2 N–H and O–H groups in total. The molecule has 0 aliphatic carbocycles.